The van der Waals surface area contributed by atoms with Crippen LogP contribution in [0.3, 0.4) is 0 Å². The fraction of sp³-hybridized carbons (Fsp3) is 0.929. The maximum absolute atomic E-state index is 11.1. The molecule has 0 aromatic heterocycles. The van der Waals surface area contributed by atoms with E-state index < -0.39 is 5.97 Å². The van der Waals surface area contributed by atoms with Crippen molar-refractivity contribution in [2.45, 2.75) is 71.4 Å². The Kier molecular flexibility index (Phi) is 6.82. The zero-order chi connectivity index (χ0) is 13.4. The second-order valence-electron chi connectivity index (χ2n) is 5.13. The van der Waals surface area contributed by atoms with Crippen LogP contribution < -0.4 is 0 Å². The fourth-order valence-electron chi connectivity index (χ4n) is 2.04. The minimum atomic E-state index is -0.992. The SMILES string of the molecule is CCCCCCCC1(OC(C)C)OCC(=O)CO1. The zero-order valence-corrected chi connectivity index (χ0v) is 11.9. The van der Waals surface area contributed by atoms with Crippen molar-refractivity contribution >= 4 is 5.78 Å². The smallest absolute Gasteiger partial charge is 0.283 e. The Labute approximate surface area is 110 Å². The van der Waals surface area contributed by atoms with Gasteiger partial charge in [0.1, 0.15) is 13.2 Å². The average Bonchev–Trinajstić information content (AvgIpc) is 2.32. The molecule has 1 rings (SSSR count). The molecule has 1 aliphatic heterocycles. The van der Waals surface area contributed by atoms with Crippen molar-refractivity contribution in [1.29, 1.82) is 0 Å². The van der Waals surface area contributed by atoms with E-state index in [0.717, 1.165) is 12.8 Å². The van der Waals surface area contributed by atoms with E-state index in [1.807, 2.05) is 13.8 Å². The van der Waals surface area contributed by atoms with Crippen molar-refractivity contribution in [3.63, 3.8) is 0 Å². The summed E-state index contributed by atoms with van der Waals surface area (Å²) in [5.41, 5.74) is 0. The van der Waals surface area contributed by atoms with Gasteiger partial charge in [0, 0.05) is 6.42 Å². The Morgan fingerprint density at radius 1 is 1.17 bits per heavy atom. The highest BCUT2D eigenvalue weighted by Crippen LogP contribution is 2.27. The Hall–Kier alpha value is -0.450. The number of carbonyl (C=O) groups excluding carboxylic acids is 1. The predicted molar refractivity (Wildman–Crippen MR) is 69.2 cm³/mol. The lowest BCUT2D eigenvalue weighted by molar-refractivity contribution is -0.398. The molecule has 0 spiro atoms. The van der Waals surface area contributed by atoms with E-state index in [1.165, 1.54) is 19.3 Å². The van der Waals surface area contributed by atoms with Gasteiger partial charge in [-0.3, -0.25) is 4.79 Å². The van der Waals surface area contributed by atoms with Crippen LogP contribution in [0, 0.1) is 0 Å². The predicted octanol–water partition coefficient (Wildman–Crippen LogP) is 3.04. The van der Waals surface area contributed by atoms with Gasteiger partial charge in [0.2, 0.25) is 0 Å². The van der Waals surface area contributed by atoms with Crippen molar-refractivity contribution < 1.29 is 19.0 Å². The monoisotopic (exact) mass is 258 g/mol. The Bertz CT molecular complexity index is 240. The molecule has 1 aliphatic rings. The molecule has 0 atom stereocenters. The van der Waals surface area contributed by atoms with E-state index in [2.05, 4.69) is 6.92 Å². The first kappa shape index (κ1) is 15.6. The molecule has 1 fully saturated rings. The van der Waals surface area contributed by atoms with E-state index in [0.29, 0.717) is 6.42 Å². The molecule has 0 aromatic rings. The second kappa shape index (κ2) is 7.87. The molecular formula is C14H26O4. The summed E-state index contributed by atoms with van der Waals surface area (Å²) in [5, 5.41) is 0. The Morgan fingerprint density at radius 3 is 2.33 bits per heavy atom. The van der Waals surface area contributed by atoms with Crippen molar-refractivity contribution in [3.8, 4) is 0 Å². The number of ether oxygens (including phenoxy) is 3. The summed E-state index contributed by atoms with van der Waals surface area (Å²) in [6, 6.07) is 0. The quantitative estimate of drug-likeness (QED) is 0.628. The third kappa shape index (κ3) is 5.46. The van der Waals surface area contributed by atoms with Crippen LogP contribution in [0.4, 0.5) is 0 Å². The summed E-state index contributed by atoms with van der Waals surface area (Å²) in [5.74, 6) is -1.02. The van der Waals surface area contributed by atoms with Gasteiger partial charge < -0.3 is 14.2 Å². The van der Waals surface area contributed by atoms with Crippen LogP contribution in [0.1, 0.15) is 59.3 Å². The molecule has 106 valence electrons. The summed E-state index contributed by atoms with van der Waals surface area (Å²) in [4.78, 5) is 11.1. The molecular weight excluding hydrogens is 232 g/mol. The second-order valence-corrected chi connectivity index (χ2v) is 5.13. The van der Waals surface area contributed by atoms with Gasteiger partial charge in [0.05, 0.1) is 6.10 Å². The number of carbonyl (C=O) groups is 1. The molecule has 1 saturated heterocycles. The molecule has 0 radical (unpaired) electrons. The zero-order valence-electron chi connectivity index (χ0n) is 11.9. The molecule has 4 heteroatoms. The van der Waals surface area contributed by atoms with Crippen LogP contribution in [0.25, 0.3) is 0 Å². The number of hydrogen-bond donors (Lipinski definition) is 0. The topological polar surface area (TPSA) is 44.8 Å². The molecule has 4 nitrogen and oxygen atoms in total. The number of hydrogen-bond acceptors (Lipinski definition) is 4. The Morgan fingerprint density at radius 2 is 1.78 bits per heavy atom. The molecule has 0 unspecified atom stereocenters. The van der Waals surface area contributed by atoms with E-state index in [4.69, 9.17) is 14.2 Å². The highest BCUT2D eigenvalue weighted by Gasteiger charge is 2.38. The lowest BCUT2D eigenvalue weighted by Crippen LogP contribution is -2.48. The third-order valence-corrected chi connectivity index (χ3v) is 2.91. The lowest BCUT2D eigenvalue weighted by Gasteiger charge is -2.37. The van der Waals surface area contributed by atoms with Gasteiger partial charge in [-0.1, -0.05) is 32.6 Å². The standard InChI is InChI=1S/C14H26O4/c1-4-5-6-7-8-9-14(18-12(2)3)16-10-13(15)11-17-14/h12H,4-11H2,1-3H3. The first-order chi connectivity index (χ1) is 8.58. The highest BCUT2D eigenvalue weighted by atomic mass is 16.9. The van der Waals surface area contributed by atoms with Gasteiger partial charge in [0.25, 0.3) is 5.97 Å². The van der Waals surface area contributed by atoms with Gasteiger partial charge in [0.15, 0.2) is 5.78 Å². The van der Waals surface area contributed by atoms with E-state index in [9.17, 15) is 4.79 Å². The molecule has 0 bridgehead atoms. The van der Waals surface area contributed by atoms with Crippen LogP contribution in [0.5, 0.6) is 0 Å². The number of ketones is 1. The summed E-state index contributed by atoms with van der Waals surface area (Å²) in [7, 11) is 0. The molecule has 0 amide bonds. The summed E-state index contributed by atoms with van der Waals surface area (Å²) < 4.78 is 16.7. The maximum atomic E-state index is 11.1. The van der Waals surface area contributed by atoms with Gasteiger partial charge in [-0.25, -0.2) is 0 Å². The molecule has 0 N–H and O–H groups in total. The maximum Gasteiger partial charge on any atom is 0.283 e. The van der Waals surface area contributed by atoms with E-state index >= 15 is 0 Å². The van der Waals surface area contributed by atoms with Crippen LogP contribution in [0.15, 0.2) is 0 Å². The molecule has 0 saturated carbocycles. The summed E-state index contributed by atoms with van der Waals surface area (Å²) in [6.07, 6.45) is 6.59. The van der Waals surface area contributed by atoms with Gasteiger partial charge in [-0.2, -0.15) is 0 Å². The van der Waals surface area contributed by atoms with Crippen molar-refractivity contribution in [1.82, 2.24) is 0 Å². The number of rotatable bonds is 8. The summed E-state index contributed by atoms with van der Waals surface area (Å²) in [6.45, 7) is 6.29. The van der Waals surface area contributed by atoms with Gasteiger partial charge in [-0.15, -0.1) is 0 Å². The van der Waals surface area contributed by atoms with Crippen molar-refractivity contribution in [2.75, 3.05) is 13.2 Å². The minimum Gasteiger partial charge on any atom is -0.325 e. The van der Waals surface area contributed by atoms with Crippen LogP contribution in [-0.4, -0.2) is 31.1 Å². The van der Waals surface area contributed by atoms with Gasteiger partial charge >= 0.3 is 0 Å². The molecule has 0 aromatic carbocycles. The first-order valence-corrected chi connectivity index (χ1v) is 7.05. The molecule has 1 heterocycles. The first-order valence-electron chi connectivity index (χ1n) is 7.05. The molecule has 0 aliphatic carbocycles. The Balaban J connectivity index is 2.38. The number of Topliss-reactive ketones (excluding diaryl/α,β-unsaturated/α-hetero) is 1. The lowest BCUT2D eigenvalue weighted by atomic mass is 10.1. The van der Waals surface area contributed by atoms with Crippen LogP contribution in [0.2, 0.25) is 0 Å². The average molecular weight is 258 g/mol. The van der Waals surface area contributed by atoms with Crippen LogP contribution >= 0.6 is 0 Å². The minimum absolute atomic E-state index is 0.0221. The third-order valence-electron chi connectivity index (χ3n) is 2.91. The number of unbranched alkanes of at least 4 members (excludes halogenated alkanes) is 4. The fourth-order valence-corrected chi connectivity index (χ4v) is 2.04. The van der Waals surface area contributed by atoms with E-state index in [1.54, 1.807) is 0 Å². The largest absolute Gasteiger partial charge is 0.325 e. The van der Waals surface area contributed by atoms with Crippen molar-refractivity contribution in [2.24, 2.45) is 0 Å². The summed E-state index contributed by atoms with van der Waals surface area (Å²) >= 11 is 0. The normalized spacial score (nSPS) is 19.4. The van der Waals surface area contributed by atoms with E-state index in [-0.39, 0.29) is 25.1 Å². The molecule has 18 heavy (non-hydrogen) atoms. The van der Waals surface area contributed by atoms with Gasteiger partial charge in [-0.05, 0) is 20.3 Å². The van der Waals surface area contributed by atoms with Crippen molar-refractivity contribution in [3.05, 3.63) is 0 Å². The van der Waals surface area contributed by atoms with Crippen LogP contribution in [-0.2, 0) is 19.0 Å². The highest BCUT2D eigenvalue weighted by molar-refractivity contribution is 5.81.